The van der Waals surface area contributed by atoms with Crippen LogP contribution in [0.4, 0.5) is 11.4 Å². The summed E-state index contributed by atoms with van der Waals surface area (Å²) in [6.45, 7) is 7.86. The summed E-state index contributed by atoms with van der Waals surface area (Å²) >= 11 is 6.16. The second-order valence-corrected chi connectivity index (χ2v) is 7.05. The topological polar surface area (TPSA) is 49.4 Å². The van der Waals surface area contributed by atoms with E-state index in [1.54, 1.807) is 11.0 Å². The number of para-hydroxylation sites is 1. The molecule has 2 amide bonds. The van der Waals surface area contributed by atoms with E-state index in [1.165, 1.54) is 6.92 Å². The van der Waals surface area contributed by atoms with Crippen LogP contribution < -0.4 is 10.2 Å². The van der Waals surface area contributed by atoms with E-state index in [4.69, 9.17) is 11.6 Å². The van der Waals surface area contributed by atoms with Crippen molar-refractivity contribution < 1.29 is 9.59 Å². The fourth-order valence-electron chi connectivity index (χ4n) is 2.76. The molecule has 0 radical (unpaired) electrons. The Morgan fingerprint density at radius 3 is 2.46 bits per heavy atom. The first-order chi connectivity index (χ1) is 12.3. The summed E-state index contributed by atoms with van der Waals surface area (Å²) in [4.78, 5) is 26.0. The molecule has 0 fully saturated rings. The molecule has 0 atom stereocenters. The van der Waals surface area contributed by atoms with Crippen LogP contribution in [-0.2, 0) is 9.59 Å². The lowest BCUT2D eigenvalue weighted by Gasteiger charge is -2.22. The maximum Gasteiger partial charge on any atom is 0.226 e. The van der Waals surface area contributed by atoms with Gasteiger partial charge in [-0.1, -0.05) is 49.7 Å². The lowest BCUT2D eigenvalue weighted by molar-refractivity contribution is -0.117. The first-order valence-corrected chi connectivity index (χ1v) is 9.10. The van der Waals surface area contributed by atoms with E-state index in [9.17, 15) is 9.59 Å². The van der Waals surface area contributed by atoms with Crippen LogP contribution in [0, 0.1) is 6.92 Å². The van der Waals surface area contributed by atoms with Crippen LogP contribution in [0.5, 0.6) is 0 Å². The number of aryl methyl sites for hydroxylation is 1. The summed E-state index contributed by atoms with van der Waals surface area (Å²) in [5, 5.41) is 3.56. The van der Waals surface area contributed by atoms with Gasteiger partial charge in [0.15, 0.2) is 0 Å². The molecule has 0 aliphatic heterocycles. The fraction of sp³-hybridized carbons (Fsp3) is 0.333. The molecule has 4 nitrogen and oxygen atoms in total. The molecule has 0 aliphatic rings. The molecule has 0 unspecified atom stereocenters. The van der Waals surface area contributed by atoms with Crippen molar-refractivity contribution in [2.24, 2.45) is 0 Å². The summed E-state index contributed by atoms with van der Waals surface area (Å²) in [6.07, 6.45) is 0.206. The second-order valence-electron chi connectivity index (χ2n) is 6.64. The minimum Gasteiger partial charge on any atom is -0.326 e. The van der Waals surface area contributed by atoms with Gasteiger partial charge in [0.25, 0.3) is 0 Å². The molecule has 0 spiro atoms. The Bertz CT molecular complexity index is 802. The third-order valence-corrected chi connectivity index (χ3v) is 4.67. The molecule has 2 aromatic rings. The zero-order chi connectivity index (χ0) is 19.3. The second kappa shape index (κ2) is 8.86. The highest BCUT2D eigenvalue weighted by atomic mass is 35.5. The molecule has 26 heavy (non-hydrogen) atoms. The van der Waals surface area contributed by atoms with Gasteiger partial charge < -0.3 is 10.2 Å². The third kappa shape index (κ3) is 5.09. The van der Waals surface area contributed by atoms with E-state index in [0.29, 0.717) is 23.2 Å². The molecule has 138 valence electrons. The molecular formula is C21H25ClN2O2. The zero-order valence-electron chi connectivity index (χ0n) is 15.7. The van der Waals surface area contributed by atoms with Gasteiger partial charge in [0.05, 0.1) is 0 Å². The fourth-order valence-corrected chi connectivity index (χ4v) is 2.93. The number of hydrogen-bond donors (Lipinski definition) is 1. The quantitative estimate of drug-likeness (QED) is 0.761. The molecule has 0 heterocycles. The van der Waals surface area contributed by atoms with E-state index in [2.05, 4.69) is 19.2 Å². The normalized spacial score (nSPS) is 10.7. The Morgan fingerprint density at radius 2 is 1.85 bits per heavy atom. The van der Waals surface area contributed by atoms with E-state index in [1.807, 2.05) is 43.3 Å². The minimum atomic E-state index is -0.125. The molecule has 0 aromatic heterocycles. The highest BCUT2D eigenvalue weighted by Gasteiger charge is 2.15. The van der Waals surface area contributed by atoms with Crippen LogP contribution in [0.2, 0.25) is 5.02 Å². The monoisotopic (exact) mass is 372 g/mol. The Morgan fingerprint density at radius 1 is 1.15 bits per heavy atom. The predicted octanol–water partition coefficient (Wildman–Crippen LogP) is 5.15. The predicted molar refractivity (Wildman–Crippen MR) is 108 cm³/mol. The van der Waals surface area contributed by atoms with Gasteiger partial charge in [-0.15, -0.1) is 0 Å². The summed E-state index contributed by atoms with van der Waals surface area (Å²) in [7, 11) is 0. The van der Waals surface area contributed by atoms with Crippen LogP contribution >= 0.6 is 11.6 Å². The van der Waals surface area contributed by atoms with Crippen LogP contribution in [0.1, 0.15) is 44.2 Å². The van der Waals surface area contributed by atoms with Gasteiger partial charge in [0.2, 0.25) is 11.8 Å². The van der Waals surface area contributed by atoms with Crippen molar-refractivity contribution in [1.29, 1.82) is 0 Å². The zero-order valence-corrected chi connectivity index (χ0v) is 16.4. The number of nitrogens with zero attached hydrogens (tertiary/aromatic N) is 1. The highest BCUT2D eigenvalue weighted by Crippen LogP contribution is 2.25. The Labute approximate surface area is 160 Å². The standard InChI is InChI=1S/C21H25ClN2O2/c1-14(2)18-7-5-6-8-20(18)23-21(26)11-12-24(16(4)25)17-10-9-15(3)19(22)13-17/h5-10,13-14H,11-12H2,1-4H3,(H,23,26). The number of amides is 2. The van der Waals surface area contributed by atoms with Crippen molar-refractivity contribution in [2.45, 2.75) is 40.0 Å². The van der Waals surface area contributed by atoms with Crippen molar-refractivity contribution in [3.05, 3.63) is 58.6 Å². The molecule has 0 saturated carbocycles. The van der Waals surface area contributed by atoms with E-state index in [0.717, 1.165) is 16.8 Å². The molecule has 0 bridgehead atoms. The molecule has 2 rings (SSSR count). The van der Waals surface area contributed by atoms with Crippen LogP contribution in [0.3, 0.4) is 0 Å². The summed E-state index contributed by atoms with van der Waals surface area (Å²) in [5.74, 6) is 0.0674. The van der Waals surface area contributed by atoms with Crippen LogP contribution in [0.15, 0.2) is 42.5 Å². The van der Waals surface area contributed by atoms with E-state index >= 15 is 0 Å². The van der Waals surface area contributed by atoms with Crippen molar-refractivity contribution in [1.82, 2.24) is 0 Å². The van der Waals surface area contributed by atoms with E-state index in [-0.39, 0.29) is 18.2 Å². The smallest absolute Gasteiger partial charge is 0.226 e. The average Bonchev–Trinajstić information content (AvgIpc) is 2.58. The highest BCUT2D eigenvalue weighted by molar-refractivity contribution is 6.31. The first kappa shape index (κ1) is 20.0. The minimum absolute atomic E-state index is 0.123. The SMILES string of the molecule is CC(=O)N(CCC(=O)Nc1ccccc1C(C)C)c1ccc(C)c(Cl)c1. The molecule has 1 N–H and O–H groups in total. The van der Waals surface area contributed by atoms with Gasteiger partial charge in [0.1, 0.15) is 0 Å². The maximum atomic E-state index is 12.4. The Kier molecular flexibility index (Phi) is 6.81. The van der Waals surface area contributed by atoms with Crippen molar-refractivity contribution in [2.75, 3.05) is 16.8 Å². The summed E-state index contributed by atoms with van der Waals surface area (Å²) in [5.41, 5.74) is 3.56. The van der Waals surface area contributed by atoms with Crippen LogP contribution in [0.25, 0.3) is 0 Å². The lowest BCUT2D eigenvalue weighted by atomic mass is 10.0. The summed E-state index contributed by atoms with van der Waals surface area (Å²) < 4.78 is 0. The number of nitrogens with one attached hydrogen (secondary N) is 1. The molecular weight excluding hydrogens is 348 g/mol. The van der Waals surface area contributed by atoms with Gasteiger partial charge in [-0.3, -0.25) is 9.59 Å². The molecule has 2 aromatic carbocycles. The number of halogens is 1. The average molecular weight is 373 g/mol. The van der Waals surface area contributed by atoms with Crippen molar-refractivity contribution in [3.8, 4) is 0 Å². The third-order valence-electron chi connectivity index (χ3n) is 4.27. The number of benzene rings is 2. The van der Waals surface area contributed by atoms with Gasteiger partial charge in [-0.25, -0.2) is 0 Å². The number of hydrogen-bond acceptors (Lipinski definition) is 2. The molecule has 5 heteroatoms. The van der Waals surface area contributed by atoms with Crippen molar-refractivity contribution >= 4 is 34.8 Å². The summed E-state index contributed by atoms with van der Waals surface area (Å²) in [6, 6.07) is 13.2. The Balaban J connectivity index is 2.06. The van der Waals surface area contributed by atoms with Gasteiger partial charge >= 0.3 is 0 Å². The maximum absolute atomic E-state index is 12.4. The van der Waals surface area contributed by atoms with Gasteiger partial charge in [-0.05, 0) is 42.2 Å². The number of anilines is 2. The van der Waals surface area contributed by atoms with Gasteiger partial charge in [0, 0.05) is 36.3 Å². The van der Waals surface area contributed by atoms with Gasteiger partial charge in [-0.2, -0.15) is 0 Å². The number of carbonyl (C=O) groups excluding carboxylic acids is 2. The van der Waals surface area contributed by atoms with Crippen LogP contribution in [-0.4, -0.2) is 18.4 Å². The first-order valence-electron chi connectivity index (χ1n) is 8.72. The molecule has 0 saturated heterocycles. The Hall–Kier alpha value is -2.33. The lowest BCUT2D eigenvalue weighted by Crippen LogP contribution is -2.32. The van der Waals surface area contributed by atoms with E-state index < -0.39 is 0 Å². The largest absolute Gasteiger partial charge is 0.326 e. The number of carbonyl (C=O) groups is 2. The molecule has 0 aliphatic carbocycles. The number of rotatable bonds is 6. The van der Waals surface area contributed by atoms with Crippen molar-refractivity contribution in [3.63, 3.8) is 0 Å².